The maximum atomic E-state index is 5.43. The first-order valence-electron chi connectivity index (χ1n) is 5.06. The van der Waals surface area contributed by atoms with Crippen molar-refractivity contribution in [2.45, 2.75) is 31.3 Å². The van der Waals surface area contributed by atoms with Gasteiger partial charge in [-0.05, 0) is 32.2 Å². The molecule has 1 saturated carbocycles. The summed E-state index contributed by atoms with van der Waals surface area (Å²) in [7, 11) is 2.13. The van der Waals surface area contributed by atoms with E-state index >= 15 is 0 Å². The highest BCUT2D eigenvalue weighted by Gasteiger charge is 2.46. The minimum atomic E-state index is 0.177. The zero-order valence-corrected chi connectivity index (χ0v) is 8.18. The number of nitrogens with zero attached hydrogens (tertiary/aromatic N) is 3. The summed E-state index contributed by atoms with van der Waals surface area (Å²) >= 11 is 0. The first kappa shape index (κ1) is 8.23. The highest BCUT2D eigenvalue weighted by molar-refractivity contribution is 5.11. The topological polar surface area (TPSA) is 68.2 Å². The van der Waals surface area contributed by atoms with Crippen LogP contribution < -0.4 is 5.73 Å². The fourth-order valence-electron chi connectivity index (χ4n) is 2.95. The summed E-state index contributed by atoms with van der Waals surface area (Å²) in [5.41, 5.74) is 5.43. The smallest absolute Gasteiger partial charge is 0.312 e. The van der Waals surface area contributed by atoms with E-state index in [9.17, 15) is 0 Å². The van der Waals surface area contributed by atoms with E-state index in [1.807, 2.05) is 0 Å². The quantitative estimate of drug-likeness (QED) is 0.716. The predicted octanol–water partition coefficient (Wildman–Crippen LogP) is 0.807. The Hall–Kier alpha value is -1.10. The Labute approximate surface area is 82.3 Å². The van der Waals surface area contributed by atoms with Gasteiger partial charge in [-0.1, -0.05) is 5.10 Å². The lowest BCUT2D eigenvalue weighted by molar-refractivity contribution is 0.151. The number of nitrogens with two attached hydrogens (primary N) is 1. The van der Waals surface area contributed by atoms with E-state index in [2.05, 4.69) is 22.1 Å². The molecule has 5 nitrogen and oxygen atoms in total. The third-order valence-electron chi connectivity index (χ3n) is 3.62. The summed E-state index contributed by atoms with van der Waals surface area (Å²) in [4.78, 5) is 2.35. The number of hydrogen-bond acceptors (Lipinski definition) is 5. The Morgan fingerprint density at radius 2 is 2.29 bits per heavy atom. The number of rotatable bonds is 1. The number of aromatic nitrogens is 2. The molecule has 2 aliphatic rings. The lowest BCUT2D eigenvalue weighted by atomic mass is 9.99. The van der Waals surface area contributed by atoms with Crippen LogP contribution in [-0.2, 0) is 0 Å². The highest BCUT2D eigenvalue weighted by atomic mass is 16.4. The number of fused-ring (bicyclic) bond motifs is 2. The second-order valence-corrected chi connectivity index (χ2v) is 4.32. The lowest BCUT2D eigenvalue weighted by Crippen LogP contribution is -2.31. The van der Waals surface area contributed by atoms with Gasteiger partial charge in [0.05, 0.1) is 6.04 Å². The van der Waals surface area contributed by atoms with Crippen LogP contribution in [0.1, 0.15) is 31.2 Å². The van der Waals surface area contributed by atoms with Crippen molar-refractivity contribution in [2.24, 2.45) is 5.92 Å². The molecular formula is C9H14N4O. The van der Waals surface area contributed by atoms with Crippen LogP contribution in [0.5, 0.6) is 0 Å². The fraction of sp³-hybridized carbons (Fsp3) is 0.778. The monoisotopic (exact) mass is 194 g/mol. The number of hydrogen-bond donors (Lipinski definition) is 1. The van der Waals surface area contributed by atoms with E-state index in [4.69, 9.17) is 10.2 Å². The van der Waals surface area contributed by atoms with Crippen LogP contribution in [0.3, 0.4) is 0 Å². The Balaban J connectivity index is 1.92. The summed E-state index contributed by atoms with van der Waals surface area (Å²) in [5, 5.41) is 7.70. The summed E-state index contributed by atoms with van der Waals surface area (Å²) in [5.74, 6) is 1.38. The van der Waals surface area contributed by atoms with Crippen LogP contribution in [0.4, 0.5) is 6.01 Å². The molecule has 1 aromatic heterocycles. The van der Waals surface area contributed by atoms with E-state index in [1.165, 1.54) is 19.3 Å². The van der Waals surface area contributed by atoms with Crippen LogP contribution in [0.25, 0.3) is 0 Å². The molecule has 1 aliphatic heterocycles. The molecule has 76 valence electrons. The van der Waals surface area contributed by atoms with Crippen LogP contribution in [-0.4, -0.2) is 28.2 Å². The third kappa shape index (κ3) is 0.987. The molecule has 5 heteroatoms. The predicted molar refractivity (Wildman–Crippen MR) is 50.3 cm³/mol. The van der Waals surface area contributed by atoms with Crippen molar-refractivity contribution in [1.29, 1.82) is 0 Å². The van der Waals surface area contributed by atoms with Crippen molar-refractivity contribution >= 4 is 6.01 Å². The zero-order valence-electron chi connectivity index (χ0n) is 8.18. The minimum absolute atomic E-state index is 0.177. The van der Waals surface area contributed by atoms with Gasteiger partial charge in [0, 0.05) is 6.04 Å². The fourth-order valence-corrected chi connectivity index (χ4v) is 2.95. The summed E-state index contributed by atoms with van der Waals surface area (Å²) in [6, 6.07) is 1.19. The molecule has 0 radical (unpaired) electrons. The third-order valence-corrected chi connectivity index (χ3v) is 3.62. The van der Waals surface area contributed by atoms with Gasteiger partial charge in [-0.2, -0.15) is 0 Å². The van der Waals surface area contributed by atoms with Crippen molar-refractivity contribution in [3.8, 4) is 0 Å². The molecule has 0 amide bonds. The highest BCUT2D eigenvalue weighted by Crippen LogP contribution is 2.48. The lowest BCUT2D eigenvalue weighted by Gasteiger charge is -2.28. The molecule has 2 N–H and O–H groups in total. The summed E-state index contributed by atoms with van der Waals surface area (Å²) < 4.78 is 5.30. The van der Waals surface area contributed by atoms with Gasteiger partial charge in [0.25, 0.3) is 0 Å². The average Bonchev–Trinajstić information content (AvgIpc) is 2.80. The van der Waals surface area contributed by atoms with Gasteiger partial charge in [-0.15, -0.1) is 5.10 Å². The maximum Gasteiger partial charge on any atom is 0.312 e. The molecule has 1 saturated heterocycles. The molecule has 3 unspecified atom stereocenters. The van der Waals surface area contributed by atoms with Crippen LogP contribution in [0.15, 0.2) is 4.42 Å². The van der Waals surface area contributed by atoms with Gasteiger partial charge in [-0.3, -0.25) is 4.90 Å². The molecule has 3 atom stereocenters. The first-order valence-corrected chi connectivity index (χ1v) is 5.06. The number of piperidine rings is 1. The van der Waals surface area contributed by atoms with Gasteiger partial charge < -0.3 is 10.2 Å². The van der Waals surface area contributed by atoms with Crippen LogP contribution in [0.2, 0.25) is 0 Å². The summed E-state index contributed by atoms with van der Waals surface area (Å²) in [6.07, 6.45) is 3.85. The van der Waals surface area contributed by atoms with Gasteiger partial charge in [0.2, 0.25) is 5.89 Å². The molecule has 0 spiro atoms. The molecule has 14 heavy (non-hydrogen) atoms. The summed E-state index contributed by atoms with van der Waals surface area (Å²) in [6.45, 7) is 0. The average molecular weight is 194 g/mol. The van der Waals surface area contributed by atoms with E-state index in [0.29, 0.717) is 23.9 Å². The number of nitrogen functional groups attached to an aromatic ring is 1. The van der Waals surface area contributed by atoms with E-state index < -0.39 is 0 Å². The molecule has 1 aromatic rings. The standard InChI is InChI=1S/C9H14N4O/c1-13-6-3-2-5(4-6)7(13)8-11-12-9(10)14-8/h5-7H,2-4H2,1H3,(H2,10,12). The molecule has 2 heterocycles. The Morgan fingerprint density at radius 1 is 1.43 bits per heavy atom. The number of anilines is 1. The van der Waals surface area contributed by atoms with Crippen LogP contribution >= 0.6 is 0 Å². The van der Waals surface area contributed by atoms with Crippen molar-refractivity contribution in [2.75, 3.05) is 12.8 Å². The molecule has 2 fully saturated rings. The van der Waals surface area contributed by atoms with Gasteiger partial charge >= 0.3 is 6.01 Å². The zero-order chi connectivity index (χ0) is 9.71. The second-order valence-electron chi connectivity index (χ2n) is 4.32. The Morgan fingerprint density at radius 3 is 2.86 bits per heavy atom. The minimum Gasteiger partial charge on any atom is -0.407 e. The van der Waals surface area contributed by atoms with Crippen molar-refractivity contribution < 1.29 is 4.42 Å². The Bertz CT molecular complexity index is 348. The molecule has 1 aliphatic carbocycles. The second kappa shape index (κ2) is 2.70. The van der Waals surface area contributed by atoms with Gasteiger partial charge in [-0.25, -0.2) is 0 Å². The first-order chi connectivity index (χ1) is 6.75. The van der Waals surface area contributed by atoms with Gasteiger partial charge in [0.15, 0.2) is 0 Å². The Kier molecular flexibility index (Phi) is 1.58. The van der Waals surface area contributed by atoms with Crippen molar-refractivity contribution in [3.63, 3.8) is 0 Å². The van der Waals surface area contributed by atoms with Crippen molar-refractivity contribution in [1.82, 2.24) is 15.1 Å². The SMILES string of the molecule is CN1C2CCC(C2)C1c1nnc(N)o1. The molecule has 3 rings (SSSR count). The van der Waals surface area contributed by atoms with E-state index in [1.54, 1.807) is 0 Å². The van der Waals surface area contributed by atoms with Gasteiger partial charge in [0.1, 0.15) is 0 Å². The van der Waals surface area contributed by atoms with Crippen LogP contribution in [0, 0.1) is 5.92 Å². The number of likely N-dealkylation sites (tertiary alicyclic amines) is 1. The van der Waals surface area contributed by atoms with E-state index in [0.717, 1.165) is 0 Å². The molecule has 0 aromatic carbocycles. The largest absolute Gasteiger partial charge is 0.407 e. The maximum absolute atomic E-state index is 5.43. The molecular weight excluding hydrogens is 180 g/mol. The normalized spacial score (nSPS) is 36.8. The van der Waals surface area contributed by atoms with Crippen molar-refractivity contribution in [3.05, 3.63) is 5.89 Å². The van der Waals surface area contributed by atoms with E-state index in [-0.39, 0.29) is 6.01 Å². The molecule has 2 bridgehead atoms.